The van der Waals surface area contributed by atoms with Crippen molar-refractivity contribution in [2.75, 3.05) is 41.4 Å². The van der Waals surface area contributed by atoms with Gasteiger partial charge < -0.3 is 25.2 Å². The highest BCUT2D eigenvalue weighted by Crippen LogP contribution is 2.32. The normalized spacial score (nSPS) is 14.0. The molecule has 4 aromatic rings. The summed E-state index contributed by atoms with van der Waals surface area (Å²) in [6.07, 6.45) is 1.92. The highest BCUT2D eigenvalue weighted by molar-refractivity contribution is 5.97. The molecule has 12 nitrogen and oxygen atoms in total. The lowest BCUT2D eigenvalue weighted by atomic mass is 10.0. The molecule has 0 atom stereocenters. The van der Waals surface area contributed by atoms with Gasteiger partial charge in [0.05, 0.1) is 24.3 Å². The Bertz CT molecular complexity index is 1660. The zero-order valence-electron chi connectivity index (χ0n) is 24.8. The molecule has 0 bridgehead atoms. The summed E-state index contributed by atoms with van der Waals surface area (Å²) in [7, 11) is 0. The predicted octanol–water partition coefficient (Wildman–Crippen LogP) is 4.58. The Labute approximate surface area is 249 Å². The van der Waals surface area contributed by atoms with Gasteiger partial charge in [-0.1, -0.05) is 18.2 Å². The number of nitrogens with zero attached hydrogens (tertiary/aromatic N) is 6. The number of rotatable bonds is 6. The first-order valence-electron chi connectivity index (χ1n) is 14.0. The number of amides is 2. The molecule has 0 saturated carbocycles. The molecule has 0 unspecified atom stereocenters. The summed E-state index contributed by atoms with van der Waals surface area (Å²) < 4.78 is 5.56. The fourth-order valence-corrected chi connectivity index (χ4v) is 4.72. The van der Waals surface area contributed by atoms with E-state index in [2.05, 4.69) is 20.2 Å². The second-order valence-corrected chi connectivity index (χ2v) is 11.9. The zero-order chi connectivity index (χ0) is 30.9. The van der Waals surface area contributed by atoms with Crippen LogP contribution in [0.15, 0.2) is 54.9 Å². The Morgan fingerprint density at radius 3 is 2.23 bits per heavy atom. The molecule has 0 radical (unpaired) electrons. The van der Waals surface area contributed by atoms with Gasteiger partial charge in [0, 0.05) is 42.1 Å². The van der Waals surface area contributed by atoms with Crippen LogP contribution in [0.5, 0.6) is 0 Å². The van der Waals surface area contributed by atoms with Crippen LogP contribution in [0.2, 0.25) is 0 Å². The van der Waals surface area contributed by atoms with Crippen molar-refractivity contribution in [3.8, 4) is 22.5 Å². The van der Waals surface area contributed by atoms with Crippen LogP contribution in [0.25, 0.3) is 33.4 Å². The highest BCUT2D eigenvalue weighted by Gasteiger charge is 2.30. The van der Waals surface area contributed by atoms with Gasteiger partial charge in [0.1, 0.15) is 11.4 Å². The van der Waals surface area contributed by atoms with Crippen molar-refractivity contribution < 1.29 is 24.5 Å². The summed E-state index contributed by atoms with van der Waals surface area (Å²) in [5, 5.41) is 23.4. The minimum absolute atomic E-state index is 0.0665. The van der Waals surface area contributed by atoms with E-state index in [9.17, 15) is 19.8 Å². The van der Waals surface area contributed by atoms with E-state index in [0.29, 0.717) is 48.9 Å². The van der Waals surface area contributed by atoms with Crippen molar-refractivity contribution in [2.24, 2.45) is 0 Å². The SMILES string of the molecule is CC(C)(O)C(=O)Nc1cccc(-c2ccc3c(N4CCOCC4)nc(-c4cnc(N(C(=O)O)C(C)(C)C)nc4)nc3c2)c1. The van der Waals surface area contributed by atoms with Crippen LogP contribution in [0.4, 0.5) is 22.2 Å². The van der Waals surface area contributed by atoms with E-state index in [0.717, 1.165) is 27.2 Å². The number of nitrogens with one attached hydrogen (secondary N) is 1. The summed E-state index contributed by atoms with van der Waals surface area (Å²) in [6, 6.07) is 13.3. The number of morpholine rings is 1. The lowest BCUT2D eigenvalue weighted by molar-refractivity contribution is -0.130. The monoisotopic (exact) mass is 585 g/mol. The maximum atomic E-state index is 12.3. The Kier molecular flexibility index (Phi) is 8.00. The van der Waals surface area contributed by atoms with Gasteiger partial charge in [-0.3, -0.25) is 4.79 Å². The van der Waals surface area contributed by atoms with E-state index in [1.165, 1.54) is 26.2 Å². The molecule has 1 aliphatic heterocycles. The summed E-state index contributed by atoms with van der Waals surface area (Å²) in [4.78, 5) is 46.0. The summed E-state index contributed by atoms with van der Waals surface area (Å²) >= 11 is 0. The maximum absolute atomic E-state index is 12.3. The van der Waals surface area contributed by atoms with E-state index in [1.807, 2.05) is 36.4 Å². The molecule has 0 aliphatic carbocycles. The van der Waals surface area contributed by atoms with Gasteiger partial charge in [0.2, 0.25) is 5.95 Å². The van der Waals surface area contributed by atoms with Crippen molar-refractivity contribution in [3.63, 3.8) is 0 Å². The molecule has 1 saturated heterocycles. The van der Waals surface area contributed by atoms with Crippen molar-refractivity contribution in [3.05, 3.63) is 54.9 Å². The Hall–Kier alpha value is -4.68. The van der Waals surface area contributed by atoms with Crippen molar-refractivity contribution in [2.45, 2.75) is 45.8 Å². The topological polar surface area (TPSA) is 154 Å². The third kappa shape index (κ3) is 6.55. The lowest BCUT2D eigenvalue weighted by Crippen LogP contribution is -2.46. The fraction of sp³-hybridized carbons (Fsp3) is 0.355. The number of aliphatic hydroxyl groups is 1. The van der Waals surface area contributed by atoms with E-state index in [1.54, 1.807) is 26.8 Å². The van der Waals surface area contributed by atoms with Crippen molar-refractivity contribution in [1.29, 1.82) is 0 Å². The molecule has 5 rings (SSSR count). The van der Waals surface area contributed by atoms with E-state index in [-0.39, 0.29) is 5.95 Å². The van der Waals surface area contributed by atoms with Gasteiger partial charge in [-0.15, -0.1) is 0 Å². The Morgan fingerprint density at radius 1 is 0.930 bits per heavy atom. The number of benzene rings is 2. The van der Waals surface area contributed by atoms with E-state index >= 15 is 0 Å². The summed E-state index contributed by atoms with van der Waals surface area (Å²) in [5.74, 6) is 0.725. The quantitative estimate of drug-likeness (QED) is 0.293. The zero-order valence-corrected chi connectivity index (χ0v) is 24.8. The van der Waals surface area contributed by atoms with Crippen LogP contribution < -0.4 is 15.1 Å². The number of carboxylic acid groups (broad SMARTS) is 1. The van der Waals surface area contributed by atoms with Crippen molar-refractivity contribution in [1.82, 2.24) is 19.9 Å². The van der Waals surface area contributed by atoms with Gasteiger partial charge in [-0.2, -0.15) is 0 Å². The average Bonchev–Trinajstić information content (AvgIpc) is 2.96. The molecule has 1 aliphatic rings. The number of aromatic nitrogens is 4. The number of fused-ring (bicyclic) bond motifs is 1. The standard InChI is InChI=1S/C31H35N7O5/c1-30(2,3)38(29(40)41)28-32-17-21(18-33-28)25-35-24-16-20(9-10-23(24)26(36-25)37-11-13-43-14-12-37)19-7-6-8-22(15-19)34-27(39)31(4,5)42/h6-10,15-18,42H,11-14H2,1-5H3,(H,34,39)(H,40,41). The van der Waals surface area contributed by atoms with Gasteiger partial charge in [0.25, 0.3) is 5.91 Å². The van der Waals surface area contributed by atoms with E-state index < -0.39 is 23.1 Å². The van der Waals surface area contributed by atoms with Gasteiger partial charge in [-0.25, -0.2) is 29.6 Å². The van der Waals surface area contributed by atoms with Crippen LogP contribution in [0, 0.1) is 0 Å². The van der Waals surface area contributed by atoms with Crippen LogP contribution >= 0.6 is 0 Å². The molecule has 12 heteroatoms. The number of anilines is 3. The number of hydrogen-bond donors (Lipinski definition) is 3. The predicted molar refractivity (Wildman–Crippen MR) is 164 cm³/mol. The number of hydrogen-bond acceptors (Lipinski definition) is 9. The van der Waals surface area contributed by atoms with Crippen LogP contribution in [0.1, 0.15) is 34.6 Å². The lowest BCUT2D eigenvalue weighted by Gasteiger charge is -2.31. The second-order valence-electron chi connectivity index (χ2n) is 11.9. The Balaban J connectivity index is 1.57. The molecule has 3 heterocycles. The Morgan fingerprint density at radius 2 is 1.60 bits per heavy atom. The minimum Gasteiger partial charge on any atom is -0.465 e. The van der Waals surface area contributed by atoms with Gasteiger partial charge >= 0.3 is 6.09 Å². The molecule has 1 fully saturated rings. The maximum Gasteiger partial charge on any atom is 0.414 e. The number of carbonyl (C=O) groups excluding carboxylic acids is 1. The van der Waals surface area contributed by atoms with Crippen LogP contribution in [-0.2, 0) is 9.53 Å². The first kappa shape index (κ1) is 29.8. The van der Waals surface area contributed by atoms with Crippen LogP contribution in [0.3, 0.4) is 0 Å². The molecular weight excluding hydrogens is 550 g/mol. The highest BCUT2D eigenvalue weighted by atomic mass is 16.5. The number of carbonyl (C=O) groups is 2. The number of ether oxygens (including phenoxy) is 1. The molecular formula is C31H35N7O5. The first-order chi connectivity index (χ1) is 20.3. The smallest absolute Gasteiger partial charge is 0.414 e. The van der Waals surface area contributed by atoms with E-state index in [4.69, 9.17) is 14.7 Å². The molecule has 2 amide bonds. The second kappa shape index (κ2) is 11.5. The fourth-order valence-electron chi connectivity index (χ4n) is 4.72. The molecule has 0 spiro atoms. The van der Waals surface area contributed by atoms with Gasteiger partial charge in [-0.05, 0) is 70.0 Å². The summed E-state index contributed by atoms with van der Waals surface area (Å²) in [5.41, 5.74) is 1.28. The summed E-state index contributed by atoms with van der Waals surface area (Å²) in [6.45, 7) is 10.7. The first-order valence-corrected chi connectivity index (χ1v) is 14.0. The van der Waals surface area contributed by atoms with Crippen LogP contribution in [-0.4, -0.2) is 79.6 Å². The molecule has 43 heavy (non-hydrogen) atoms. The average molecular weight is 586 g/mol. The third-order valence-electron chi connectivity index (χ3n) is 6.96. The third-order valence-corrected chi connectivity index (χ3v) is 6.96. The van der Waals surface area contributed by atoms with Gasteiger partial charge in [0.15, 0.2) is 5.82 Å². The van der Waals surface area contributed by atoms with Crippen molar-refractivity contribution >= 4 is 40.4 Å². The largest absolute Gasteiger partial charge is 0.465 e. The molecule has 2 aromatic heterocycles. The molecule has 2 aromatic carbocycles. The minimum atomic E-state index is -1.51. The molecule has 224 valence electrons. The molecule has 3 N–H and O–H groups in total.